The number of ether oxygens (including phenoxy) is 1. The van der Waals surface area contributed by atoms with Gasteiger partial charge in [-0.2, -0.15) is 11.8 Å². The van der Waals surface area contributed by atoms with Gasteiger partial charge in [0.25, 0.3) is 0 Å². The predicted molar refractivity (Wildman–Crippen MR) is 90.4 cm³/mol. The predicted octanol–water partition coefficient (Wildman–Crippen LogP) is 3.68. The molecule has 6 heteroatoms. The lowest BCUT2D eigenvalue weighted by Crippen LogP contribution is -2.40. The number of esters is 1. The van der Waals surface area contributed by atoms with Crippen LogP contribution in [-0.2, 0) is 14.9 Å². The van der Waals surface area contributed by atoms with Gasteiger partial charge in [-0.05, 0) is 39.9 Å². The van der Waals surface area contributed by atoms with Gasteiger partial charge in [0.15, 0.2) is 5.13 Å². The molecule has 0 spiro atoms. The van der Waals surface area contributed by atoms with Crippen LogP contribution >= 0.6 is 23.1 Å². The molecule has 0 radical (unpaired) electrons. The average Bonchev–Trinajstić information content (AvgIpc) is 2.88. The minimum absolute atomic E-state index is 0.221. The van der Waals surface area contributed by atoms with Crippen LogP contribution in [0.4, 0.5) is 5.13 Å². The molecule has 1 fully saturated rings. The first kappa shape index (κ1) is 16.6. The highest BCUT2D eigenvalue weighted by molar-refractivity contribution is 8.00. The number of hydrogen-bond donors (Lipinski definition) is 1. The summed E-state index contributed by atoms with van der Waals surface area (Å²) in [6.07, 6.45) is 6.04. The Morgan fingerprint density at radius 1 is 1.57 bits per heavy atom. The molecular formula is C15H24N2O2S2. The summed E-state index contributed by atoms with van der Waals surface area (Å²) in [5.41, 5.74) is 0.0837. The zero-order valence-corrected chi connectivity index (χ0v) is 14.8. The van der Waals surface area contributed by atoms with E-state index in [0.29, 0.717) is 11.4 Å². The summed E-state index contributed by atoms with van der Waals surface area (Å²) in [5.74, 6) is -0.221. The maximum Gasteiger partial charge on any atom is 0.317 e. The molecule has 0 unspecified atom stereocenters. The molecule has 0 saturated heterocycles. The smallest absolute Gasteiger partial charge is 0.317 e. The van der Waals surface area contributed by atoms with Crippen LogP contribution in [0.15, 0.2) is 5.38 Å². The van der Waals surface area contributed by atoms with Crippen LogP contribution in [0.25, 0.3) is 0 Å². The Morgan fingerprint density at radius 3 is 2.81 bits per heavy atom. The molecule has 1 N–H and O–H groups in total. The molecule has 0 atom stereocenters. The van der Waals surface area contributed by atoms with E-state index in [-0.39, 0.29) is 5.97 Å². The summed E-state index contributed by atoms with van der Waals surface area (Å²) in [5, 5.41) is 6.28. The largest absolute Gasteiger partial charge is 0.465 e. The number of thiazole rings is 1. The number of carbonyl (C=O) groups excluding carboxylic acids is 1. The van der Waals surface area contributed by atoms with Crippen LogP contribution in [-0.4, -0.2) is 35.1 Å². The van der Waals surface area contributed by atoms with E-state index in [1.54, 1.807) is 11.3 Å². The minimum atomic E-state index is -0.694. The van der Waals surface area contributed by atoms with Crippen molar-refractivity contribution in [2.45, 2.75) is 50.2 Å². The van der Waals surface area contributed by atoms with E-state index in [9.17, 15) is 4.79 Å². The molecule has 1 heterocycles. The number of hydrogen-bond acceptors (Lipinski definition) is 6. The molecule has 4 nitrogen and oxygen atoms in total. The Morgan fingerprint density at radius 2 is 2.29 bits per heavy atom. The van der Waals surface area contributed by atoms with Crippen LogP contribution < -0.4 is 5.32 Å². The van der Waals surface area contributed by atoms with E-state index in [1.165, 1.54) is 19.3 Å². The number of anilines is 1. The monoisotopic (exact) mass is 328 g/mol. The van der Waals surface area contributed by atoms with E-state index in [4.69, 9.17) is 4.74 Å². The van der Waals surface area contributed by atoms with E-state index in [1.807, 2.05) is 37.9 Å². The van der Waals surface area contributed by atoms with E-state index < -0.39 is 5.41 Å². The lowest BCUT2D eigenvalue weighted by molar-refractivity contribution is -0.148. The second-order valence-corrected chi connectivity index (χ2v) is 8.11. The summed E-state index contributed by atoms with van der Waals surface area (Å²) in [7, 11) is 0. The van der Waals surface area contributed by atoms with Gasteiger partial charge in [-0.3, -0.25) is 4.79 Å². The van der Waals surface area contributed by atoms with Gasteiger partial charge in [0.1, 0.15) is 5.41 Å². The summed E-state index contributed by atoms with van der Waals surface area (Å²) < 4.78 is 5.51. The highest BCUT2D eigenvalue weighted by Gasteiger charge is 2.37. The van der Waals surface area contributed by atoms with Crippen molar-refractivity contribution >= 4 is 34.2 Å². The zero-order chi connectivity index (χ0) is 15.5. The van der Waals surface area contributed by atoms with Crippen molar-refractivity contribution in [2.24, 2.45) is 0 Å². The average molecular weight is 329 g/mol. The third-order valence-electron chi connectivity index (χ3n) is 4.19. The molecule has 21 heavy (non-hydrogen) atoms. The SMILES string of the molecule is CCOC(=O)C(C)(C)c1csc(NCC2(SC)CCC2)n1. The van der Waals surface area contributed by atoms with Crippen LogP contribution in [0, 0.1) is 0 Å². The minimum Gasteiger partial charge on any atom is -0.465 e. The van der Waals surface area contributed by atoms with Gasteiger partial charge in [0, 0.05) is 16.7 Å². The lowest BCUT2D eigenvalue weighted by atomic mass is 9.84. The second-order valence-electron chi connectivity index (χ2n) is 5.98. The zero-order valence-electron chi connectivity index (χ0n) is 13.2. The molecular weight excluding hydrogens is 304 g/mol. The highest BCUT2D eigenvalue weighted by atomic mass is 32.2. The van der Waals surface area contributed by atoms with Crippen molar-refractivity contribution in [1.29, 1.82) is 0 Å². The fourth-order valence-corrected chi connectivity index (χ4v) is 4.11. The molecule has 1 aliphatic rings. The van der Waals surface area contributed by atoms with Gasteiger partial charge in [0.05, 0.1) is 12.3 Å². The van der Waals surface area contributed by atoms with Gasteiger partial charge < -0.3 is 10.1 Å². The number of aromatic nitrogens is 1. The molecule has 0 amide bonds. The summed E-state index contributed by atoms with van der Waals surface area (Å²) in [6.45, 7) is 6.88. The van der Waals surface area contributed by atoms with Crippen molar-refractivity contribution in [3.05, 3.63) is 11.1 Å². The second kappa shape index (κ2) is 6.57. The van der Waals surface area contributed by atoms with Gasteiger partial charge >= 0.3 is 5.97 Å². The third-order valence-corrected chi connectivity index (χ3v) is 6.41. The Labute approximate surface area is 135 Å². The summed E-state index contributed by atoms with van der Waals surface area (Å²) in [6, 6.07) is 0. The first-order chi connectivity index (χ1) is 9.93. The molecule has 0 aromatic carbocycles. The van der Waals surface area contributed by atoms with Crippen LogP contribution in [0.2, 0.25) is 0 Å². The fourth-order valence-electron chi connectivity index (χ4n) is 2.32. The summed E-state index contributed by atoms with van der Waals surface area (Å²) in [4.78, 5) is 16.6. The molecule has 1 aliphatic carbocycles. The third kappa shape index (κ3) is 3.54. The number of nitrogens with one attached hydrogen (secondary N) is 1. The lowest BCUT2D eigenvalue weighted by Gasteiger charge is -2.40. The summed E-state index contributed by atoms with van der Waals surface area (Å²) >= 11 is 3.50. The van der Waals surface area contributed by atoms with E-state index in [2.05, 4.69) is 16.6 Å². The standard InChI is InChI=1S/C15H24N2O2S2/c1-5-19-12(18)14(2,3)11-9-21-13(17-11)16-10-15(20-4)7-6-8-15/h9H,5-8,10H2,1-4H3,(H,16,17). The van der Waals surface area contributed by atoms with Crippen molar-refractivity contribution in [3.8, 4) is 0 Å². The van der Waals surface area contributed by atoms with Gasteiger partial charge in [-0.1, -0.05) is 6.42 Å². The Hall–Kier alpha value is -0.750. The van der Waals surface area contributed by atoms with Gasteiger partial charge in [-0.15, -0.1) is 11.3 Å². The van der Waals surface area contributed by atoms with Gasteiger partial charge in [0.2, 0.25) is 0 Å². The molecule has 2 rings (SSSR count). The first-order valence-corrected chi connectivity index (χ1v) is 9.46. The molecule has 118 valence electrons. The maximum atomic E-state index is 12.0. The molecule has 0 aliphatic heterocycles. The van der Waals surface area contributed by atoms with Crippen molar-refractivity contribution in [1.82, 2.24) is 4.98 Å². The van der Waals surface area contributed by atoms with Crippen LogP contribution in [0.5, 0.6) is 0 Å². The van der Waals surface area contributed by atoms with E-state index in [0.717, 1.165) is 17.4 Å². The van der Waals surface area contributed by atoms with E-state index >= 15 is 0 Å². The number of nitrogens with zero attached hydrogens (tertiary/aromatic N) is 1. The molecule has 0 bridgehead atoms. The molecule has 1 aromatic rings. The normalized spacial score (nSPS) is 17.1. The Kier molecular flexibility index (Phi) is 5.20. The quantitative estimate of drug-likeness (QED) is 0.774. The first-order valence-electron chi connectivity index (χ1n) is 7.36. The van der Waals surface area contributed by atoms with Crippen LogP contribution in [0.1, 0.15) is 45.7 Å². The Balaban J connectivity index is 1.99. The Bertz CT molecular complexity index is 490. The van der Waals surface area contributed by atoms with Crippen molar-refractivity contribution in [3.63, 3.8) is 0 Å². The van der Waals surface area contributed by atoms with Crippen molar-refractivity contribution in [2.75, 3.05) is 24.7 Å². The maximum absolute atomic E-state index is 12.0. The molecule has 1 saturated carbocycles. The van der Waals surface area contributed by atoms with Gasteiger partial charge in [-0.25, -0.2) is 4.98 Å². The number of rotatable bonds is 7. The number of carbonyl (C=O) groups is 1. The van der Waals surface area contributed by atoms with Crippen LogP contribution in [0.3, 0.4) is 0 Å². The fraction of sp³-hybridized carbons (Fsp3) is 0.733. The highest BCUT2D eigenvalue weighted by Crippen LogP contribution is 2.43. The van der Waals surface area contributed by atoms with Crippen molar-refractivity contribution < 1.29 is 9.53 Å². The topological polar surface area (TPSA) is 51.2 Å². The number of thioether (sulfide) groups is 1. The molecule has 1 aromatic heterocycles.